The minimum Gasteiger partial charge on any atom is -0.393 e. The Morgan fingerprint density at radius 2 is 1.76 bits per heavy atom. The van der Waals surface area contributed by atoms with E-state index in [0.29, 0.717) is 52.3 Å². The number of hydrogen-bond acceptors (Lipinski definition) is 3. The molecule has 10 atom stereocenters. The van der Waals surface area contributed by atoms with Gasteiger partial charge in [-0.25, -0.2) is 0 Å². The summed E-state index contributed by atoms with van der Waals surface area (Å²) in [6, 6.07) is 0. The van der Waals surface area contributed by atoms with Gasteiger partial charge in [0, 0.05) is 13.5 Å². The first-order chi connectivity index (χ1) is 13.7. The fraction of sp³-hybridized carbons (Fsp3) is 0.962. The Labute approximate surface area is 178 Å². The topological polar surface area (TPSA) is 46.5 Å². The second kappa shape index (κ2) is 7.93. The number of carbonyl (C=O) groups is 1. The van der Waals surface area contributed by atoms with E-state index in [9.17, 15) is 9.90 Å². The highest BCUT2D eigenvalue weighted by Gasteiger charge is 2.62. The van der Waals surface area contributed by atoms with Crippen LogP contribution in [0.1, 0.15) is 91.9 Å². The highest BCUT2D eigenvalue weighted by Crippen LogP contribution is 2.68. The summed E-state index contributed by atoms with van der Waals surface area (Å²) in [6.07, 6.45) is 11.8. The van der Waals surface area contributed by atoms with E-state index in [0.717, 1.165) is 31.6 Å². The molecule has 4 saturated carbocycles. The average Bonchev–Trinajstić information content (AvgIpc) is 3.03. The quantitative estimate of drug-likeness (QED) is 0.645. The molecular formula is C26H44O3. The zero-order valence-corrected chi connectivity index (χ0v) is 19.5. The molecule has 0 amide bonds. The van der Waals surface area contributed by atoms with Crippen LogP contribution in [0, 0.1) is 46.3 Å². The number of hydrogen-bond donors (Lipinski definition) is 1. The van der Waals surface area contributed by atoms with Crippen LogP contribution in [0.3, 0.4) is 0 Å². The Morgan fingerprint density at radius 3 is 2.45 bits per heavy atom. The zero-order chi connectivity index (χ0) is 21.0. The van der Waals surface area contributed by atoms with Crippen molar-refractivity contribution in [3.63, 3.8) is 0 Å². The summed E-state index contributed by atoms with van der Waals surface area (Å²) in [5.74, 6) is 4.11. The summed E-state index contributed by atoms with van der Waals surface area (Å²) < 4.78 is 5.72. The monoisotopic (exact) mass is 404 g/mol. The fourth-order valence-corrected chi connectivity index (χ4v) is 9.00. The van der Waals surface area contributed by atoms with Crippen molar-refractivity contribution in [3.05, 3.63) is 0 Å². The van der Waals surface area contributed by atoms with Gasteiger partial charge in [-0.3, -0.25) is 0 Å². The molecule has 0 radical (unpaired) electrons. The van der Waals surface area contributed by atoms with Crippen molar-refractivity contribution in [1.82, 2.24) is 0 Å². The summed E-state index contributed by atoms with van der Waals surface area (Å²) in [7, 11) is 1.85. The third-order valence-corrected chi connectivity index (χ3v) is 10.7. The normalized spacial score (nSPS) is 50.3. The smallest absolute Gasteiger partial charge is 0.129 e. The van der Waals surface area contributed by atoms with Crippen LogP contribution < -0.4 is 0 Å². The summed E-state index contributed by atoms with van der Waals surface area (Å²) in [4.78, 5) is 11.5. The van der Waals surface area contributed by atoms with E-state index in [1.807, 2.05) is 7.11 Å². The van der Waals surface area contributed by atoms with Gasteiger partial charge in [-0.15, -0.1) is 0 Å². The van der Waals surface area contributed by atoms with E-state index < -0.39 is 0 Å². The summed E-state index contributed by atoms with van der Waals surface area (Å²) in [5, 5.41) is 11.4. The lowest BCUT2D eigenvalue weighted by Crippen LogP contribution is -2.58. The van der Waals surface area contributed by atoms with Crippen LogP contribution in [-0.4, -0.2) is 30.2 Å². The SMILES string of the molecule is CO[C@@H]1CC[C@@]2(C)[C@@H](C1)C[C@@H](O)[C@@H]1[C@@H]2CC[C@]2(C)C(C(C)CCC(C)=O)CC[C@@H]12. The molecule has 0 aromatic carbocycles. The summed E-state index contributed by atoms with van der Waals surface area (Å²) in [6.45, 7) is 9.20. The maximum absolute atomic E-state index is 11.5. The molecule has 2 unspecified atom stereocenters. The Bertz CT molecular complexity index is 617. The van der Waals surface area contributed by atoms with Crippen molar-refractivity contribution in [2.75, 3.05) is 7.11 Å². The molecule has 1 N–H and O–H groups in total. The van der Waals surface area contributed by atoms with E-state index >= 15 is 0 Å². The predicted molar refractivity (Wildman–Crippen MR) is 116 cm³/mol. The second-order valence-electron chi connectivity index (χ2n) is 11.9. The molecule has 4 fully saturated rings. The lowest BCUT2D eigenvalue weighted by atomic mass is 9.43. The number of ether oxygens (including phenoxy) is 1. The molecule has 4 rings (SSSR count). The van der Waals surface area contributed by atoms with Gasteiger partial charge in [0.25, 0.3) is 0 Å². The van der Waals surface area contributed by atoms with Crippen LogP contribution in [0.25, 0.3) is 0 Å². The zero-order valence-electron chi connectivity index (χ0n) is 19.5. The predicted octanol–water partition coefficient (Wildman–Crippen LogP) is 5.64. The lowest BCUT2D eigenvalue weighted by Gasteiger charge is -2.62. The maximum atomic E-state index is 11.5. The molecular weight excluding hydrogens is 360 g/mol. The number of carbonyl (C=O) groups excluding carboxylic acids is 1. The molecule has 0 aliphatic heterocycles. The highest BCUT2D eigenvalue weighted by atomic mass is 16.5. The molecule has 4 aliphatic rings. The van der Waals surface area contributed by atoms with Crippen LogP contribution in [0.5, 0.6) is 0 Å². The largest absolute Gasteiger partial charge is 0.393 e. The number of ketones is 1. The molecule has 3 heteroatoms. The molecule has 3 nitrogen and oxygen atoms in total. The number of fused-ring (bicyclic) bond motifs is 5. The summed E-state index contributed by atoms with van der Waals surface area (Å²) in [5.41, 5.74) is 0.740. The minimum absolute atomic E-state index is 0.135. The average molecular weight is 405 g/mol. The molecule has 0 saturated heterocycles. The van der Waals surface area contributed by atoms with Gasteiger partial charge < -0.3 is 14.6 Å². The van der Waals surface area contributed by atoms with Crippen LogP contribution >= 0.6 is 0 Å². The molecule has 4 aliphatic carbocycles. The number of methoxy groups -OCH3 is 1. The highest BCUT2D eigenvalue weighted by molar-refractivity contribution is 5.75. The Balaban J connectivity index is 1.54. The van der Waals surface area contributed by atoms with Gasteiger partial charge in [0.15, 0.2) is 0 Å². The van der Waals surface area contributed by atoms with Crippen molar-refractivity contribution in [1.29, 1.82) is 0 Å². The van der Waals surface area contributed by atoms with E-state index in [4.69, 9.17) is 4.74 Å². The third kappa shape index (κ3) is 3.53. The van der Waals surface area contributed by atoms with Crippen molar-refractivity contribution >= 4 is 5.78 Å². The minimum atomic E-state index is -0.135. The first-order valence-electron chi connectivity index (χ1n) is 12.4. The van der Waals surface area contributed by atoms with E-state index in [-0.39, 0.29) is 6.10 Å². The van der Waals surface area contributed by atoms with Crippen LogP contribution in [-0.2, 0) is 9.53 Å². The molecule has 0 bridgehead atoms. The first-order valence-corrected chi connectivity index (χ1v) is 12.4. The standard InChI is InChI=1S/C26H44O3/c1-16(6-7-17(2)27)20-8-9-21-24-22(11-13-26(20,21)4)25(3)12-10-19(29-5)14-18(25)15-23(24)28/h16,18-24,28H,6-15H2,1-5H3/t16?,18-,19+,20?,21-,22-,23+,24-,25-,26+/m0/s1. The molecule has 29 heavy (non-hydrogen) atoms. The van der Waals surface area contributed by atoms with Gasteiger partial charge in [-0.1, -0.05) is 20.8 Å². The van der Waals surface area contributed by atoms with Gasteiger partial charge >= 0.3 is 0 Å². The molecule has 0 heterocycles. The van der Waals surface area contributed by atoms with Crippen molar-refractivity contribution < 1.29 is 14.6 Å². The second-order valence-corrected chi connectivity index (χ2v) is 11.9. The van der Waals surface area contributed by atoms with Crippen molar-refractivity contribution in [2.45, 2.75) is 104 Å². The van der Waals surface area contributed by atoms with Crippen LogP contribution in [0.2, 0.25) is 0 Å². The summed E-state index contributed by atoms with van der Waals surface area (Å²) >= 11 is 0. The van der Waals surface area contributed by atoms with Gasteiger partial charge in [-0.05, 0) is 111 Å². The molecule has 166 valence electrons. The molecule has 0 spiro atoms. The molecule has 0 aromatic rings. The molecule has 0 aromatic heterocycles. The van der Waals surface area contributed by atoms with Gasteiger partial charge in [-0.2, -0.15) is 0 Å². The number of rotatable bonds is 5. The van der Waals surface area contributed by atoms with Gasteiger partial charge in [0.05, 0.1) is 12.2 Å². The number of Topliss-reactive ketones (excluding diaryl/α,β-unsaturated/α-hetero) is 1. The lowest BCUT2D eigenvalue weighted by molar-refractivity contribution is -0.176. The van der Waals surface area contributed by atoms with E-state index in [1.54, 1.807) is 6.92 Å². The van der Waals surface area contributed by atoms with Crippen molar-refractivity contribution in [2.24, 2.45) is 46.3 Å². The first kappa shape index (κ1) is 21.8. The van der Waals surface area contributed by atoms with E-state index in [2.05, 4.69) is 20.8 Å². The Kier molecular flexibility index (Phi) is 5.97. The van der Waals surface area contributed by atoms with Gasteiger partial charge in [0.2, 0.25) is 0 Å². The van der Waals surface area contributed by atoms with Gasteiger partial charge in [0.1, 0.15) is 5.78 Å². The van der Waals surface area contributed by atoms with Crippen LogP contribution in [0.15, 0.2) is 0 Å². The Morgan fingerprint density at radius 1 is 1.07 bits per heavy atom. The van der Waals surface area contributed by atoms with E-state index in [1.165, 1.54) is 38.5 Å². The fourth-order valence-electron chi connectivity index (χ4n) is 9.00. The Hall–Kier alpha value is -0.410. The number of aliphatic hydroxyl groups excluding tert-OH is 1. The number of aliphatic hydroxyl groups is 1. The maximum Gasteiger partial charge on any atom is 0.129 e. The third-order valence-electron chi connectivity index (χ3n) is 10.7. The van der Waals surface area contributed by atoms with Crippen LogP contribution in [0.4, 0.5) is 0 Å². The van der Waals surface area contributed by atoms with Crippen molar-refractivity contribution in [3.8, 4) is 0 Å².